The van der Waals surface area contributed by atoms with E-state index in [0.717, 1.165) is 34.2 Å². The third-order valence-corrected chi connectivity index (χ3v) is 5.80. The molecule has 0 atom stereocenters. The van der Waals surface area contributed by atoms with Gasteiger partial charge in [-0.2, -0.15) is 0 Å². The van der Waals surface area contributed by atoms with E-state index in [9.17, 15) is 4.79 Å². The molecule has 24 heavy (non-hydrogen) atoms. The Balaban J connectivity index is 1.54. The number of benzene rings is 2. The Hall–Kier alpha value is -1.97. The van der Waals surface area contributed by atoms with Gasteiger partial charge in [0.1, 0.15) is 0 Å². The molecule has 1 aromatic heterocycles. The Morgan fingerprint density at radius 2 is 1.83 bits per heavy atom. The molecule has 0 aliphatic carbocycles. The third kappa shape index (κ3) is 3.14. The molecule has 0 N–H and O–H groups in total. The molecule has 2 nitrogen and oxygen atoms in total. The van der Waals surface area contributed by atoms with Gasteiger partial charge in [0.15, 0.2) is 0 Å². The first kappa shape index (κ1) is 15.6. The molecule has 3 aromatic rings. The van der Waals surface area contributed by atoms with E-state index in [-0.39, 0.29) is 5.78 Å². The molecule has 1 fully saturated rings. The van der Waals surface area contributed by atoms with Crippen LogP contribution in [0.15, 0.2) is 53.9 Å². The number of carbonyl (C=O) groups excluding carboxylic acids is 1. The summed E-state index contributed by atoms with van der Waals surface area (Å²) in [4.78, 5) is 16.3. The molecule has 122 valence electrons. The van der Waals surface area contributed by atoms with Crippen LogP contribution in [0.4, 0.5) is 0 Å². The van der Waals surface area contributed by atoms with E-state index < -0.39 is 0 Å². The number of rotatable bonds is 5. The maximum absolute atomic E-state index is 12.9. The van der Waals surface area contributed by atoms with Gasteiger partial charge in [-0.25, -0.2) is 0 Å². The Kier molecular flexibility index (Phi) is 4.46. The Labute approximate surface area is 146 Å². The first-order valence-corrected chi connectivity index (χ1v) is 9.51. The lowest BCUT2D eigenvalue weighted by Crippen LogP contribution is -2.21. The smallest absolute Gasteiger partial charge is 0.203 e. The number of carbonyl (C=O) groups is 1. The molecule has 2 heterocycles. The average Bonchev–Trinajstić information content (AvgIpc) is 3.30. The highest BCUT2D eigenvalue weighted by Crippen LogP contribution is 2.25. The summed E-state index contributed by atoms with van der Waals surface area (Å²) in [5.74, 6) is 0.143. The summed E-state index contributed by atoms with van der Waals surface area (Å²) in [6.45, 7) is 3.57. The van der Waals surface area contributed by atoms with E-state index in [0.29, 0.717) is 0 Å². The van der Waals surface area contributed by atoms with Crippen molar-refractivity contribution < 1.29 is 4.79 Å². The SMILES string of the molecule is O=C(c1cc(CCN2CCCC2)cs1)c1cccc2ccccc12. The van der Waals surface area contributed by atoms with Crippen LogP contribution in [0.1, 0.15) is 33.6 Å². The molecule has 0 unspecified atom stereocenters. The maximum Gasteiger partial charge on any atom is 0.203 e. The van der Waals surface area contributed by atoms with Crippen molar-refractivity contribution in [3.8, 4) is 0 Å². The summed E-state index contributed by atoms with van der Waals surface area (Å²) in [7, 11) is 0. The number of hydrogen-bond donors (Lipinski definition) is 0. The lowest BCUT2D eigenvalue weighted by Gasteiger charge is -2.13. The van der Waals surface area contributed by atoms with Crippen molar-refractivity contribution in [2.45, 2.75) is 19.3 Å². The van der Waals surface area contributed by atoms with Crippen molar-refractivity contribution in [1.29, 1.82) is 0 Å². The molecule has 0 radical (unpaired) electrons. The van der Waals surface area contributed by atoms with E-state index in [1.54, 1.807) is 11.3 Å². The van der Waals surface area contributed by atoms with Gasteiger partial charge in [0.05, 0.1) is 4.88 Å². The summed E-state index contributed by atoms with van der Waals surface area (Å²) >= 11 is 1.58. The molecule has 1 saturated heterocycles. The second-order valence-corrected chi connectivity index (χ2v) is 7.39. The van der Waals surface area contributed by atoms with Crippen molar-refractivity contribution >= 4 is 27.9 Å². The third-order valence-electron chi connectivity index (χ3n) is 4.83. The highest BCUT2D eigenvalue weighted by Gasteiger charge is 2.16. The number of hydrogen-bond acceptors (Lipinski definition) is 3. The van der Waals surface area contributed by atoms with Crippen LogP contribution in [0.3, 0.4) is 0 Å². The van der Waals surface area contributed by atoms with E-state index in [2.05, 4.69) is 28.5 Å². The highest BCUT2D eigenvalue weighted by molar-refractivity contribution is 7.12. The lowest BCUT2D eigenvalue weighted by atomic mass is 10.0. The van der Waals surface area contributed by atoms with Crippen LogP contribution in [0.5, 0.6) is 0 Å². The zero-order valence-electron chi connectivity index (χ0n) is 13.7. The summed E-state index contributed by atoms with van der Waals surface area (Å²) in [6.07, 6.45) is 3.70. The van der Waals surface area contributed by atoms with Crippen LogP contribution >= 0.6 is 11.3 Å². The van der Waals surface area contributed by atoms with E-state index in [4.69, 9.17) is 0 Å². The van der Waals surface area contributed by atoms with Crippen LogP contribution < -0.4 is 0 Å². The molecular formula is C21H21NOS. The van der Waals surface area contributed by atoms with Crippen molar-refractivity contribution in [2.75, 3.05) is 19.6 Å². The van der Waals surface area contributed by atoms with Crippen LogP contribution in [0, 0.1) is 0 Å². The summed E-state index contributed by atoms with van der Waals surface area (Å²) in [6, 6.07) is 16.2. The summed E-state index contributed by atoms with van der Waals surface area (Å²) in [5.41, 5.74) is 2.09. The second-order valence-electron chi connectivity index (χ2n) is 6.47. The molecule has 0 amide bonds. The minimum absolute atomic E-state index is 0.143. The molecule has 4 rings (SSSR count). The van der Waals surface area contributed by atoms with E-state index in [1.165, 1.54) is 31.5 Å². The van der Waals surface area contributed by atoms with Gasteiger partial charge in [0.2, 0.25) is 5.78 Å². The maximum atomic E-state index is 12.9. The quantitative estimate of drug-likeness (QED) is 0.626. The molecule has 0 saturated carbocycles. The van der Waals surface area contributed by atoms with Crippen molar-refractivity contribution in [1.82, 2.24) is 4.90 Å². The molecule has 3 heteroatoms. The van der Waals surface area contributed by atoms with Gasteiger partial charge >= 0.3 is 0 Å². The fourth-order valence-electron chi connectivity index (χ4n) is 3.48. The minimum atomic E-state index is 0.143. The van der Waals surface area contributed by atoms with Crippen LogP contribution in [0.2, 0.25) is 0 Å². The number of likely N-dealkylation sites (tertiary alicyclic amines) is 1. The van der Waals surface area contributed by atoms with Gasteiger partial charge in [0.25, 0.3) is 0 Å². The average molecular weight is 335 g/mol. The van der Waals surface area contributed by atoms with E-state index >= 15 is 0 Å². The van der Waals surface area contributed by atoms with Gasteiger partial charge < -0.3 is 4.90 Å². The second kappa shape index (κ2) is 6.88. The van der Waals surface area contributed by atoms with Gasteiger partial charge in [-0.3, -0.25) is 4.79 Å². The zero-order valence-corrected chi connectivity index (χ0v) is 14.5. The molecular weight excluding hydrogens is 314 g/mol. The van der Waals surface area contributed by atoms with Crippen LogP contribution in [-0.4, -0.2) is 30.3 Å². The van der Waals surface area contributed by atoms with Gasteiger partial charge in [0, 0.05) is 12.1 Å². The number of fused-ring (bicyclic) bond motifs is 1. The topological polar surface area (TPSA) is 20.3 Å². The number of ketones is 1. The fourth-order valence-corrected chi connectivity index (χ4v) is 4.38. The normalized spacial score (nSPS) is 15.2. The van der Waals surface area contributed by atoms with Gasteiger partial charge in [-0.05, 0) is 60.1 Å². The van der Waals surface area contributed by atoms with Crippen molar-refractivity contribution in [3.05, 3.63) is 69.9 Å². The monoisotopic (exact) mass is 335 g/mol. The first-order valence-electron chi connectivity index (χ1n) is 8.63. The highest BCUT2D eigenvalue weighted by atomic mass is 32.1. The predicted molar refractivity (Wildman–Crippen MR) is 101 cm³/mol. The van der Waals surface area contributed by atoms with Crippen LogP contribution in [-0.2, 0) is 6.42 Å². The number of thiophene rings is 1. The standard InChI is InChI=1S/C21H21NOS/c23-21(19-9-5-7-17-6-1-2-8-18(17)19)20-14-16(15-24-20)10-13-22-11-3-4-12-22/h1-2,5-9,14-15H,3-4,10-13H2. The Bertz CT molecular complexity index is 856. The molecule has 0 spiro atoms. The molecule has 1 aliphatic heterocycles. The fraction of sp³-hybridized carbons (Fsp3) is 0.286. The summed E-state index contributed by atoms with van der Waals surface area (Å²) in [5, 5.41) is 4.31. The minimum Gasteiger partial charge on any atom is -0.303 e. The Morgan fingerprint density at radius 3 is 2.71 bits per heavy atom. The first-order chi connectivity index (χ1) is 11.8. The number of nitrogens with zero attached hydrogens (tertiary/aromatic N) is 1. The largest absolute Gasteiger partial charge is 0.303 e. The predicted octanol–water partition coefficient (Wildman–Crippen LogP) is 4.77. The molecule has 2 aromatic carbocycles. The van der Waals surface area contributed by atoms with Crippen molar-refractivity contribution in [3.63, 3.8) is 0 Å². The summed E-state index contributed by atoms with van der Waals surface area (Å²) < 4.78 is 0. The van der Waals surface area contributed by atoms with Crippen LogP contribution in [0.25, 0.3) is 10.8 Å². The molecule has 0 bridgehead atoms. The van der Waals surface area contributed by atoms with Crippen molar-refractivity contribution in [2.24, 2.45) is 0 Å². The lowest BCUT2D eigenvalue weighted by molar-refractivity contribution is 0.104. The zero-order chi connectivity index (χ0) is 16.4. The van der Waals surface area contributed by atoms with Gasteiger partial charge in [-0.15, -0.1) is 11.3 Å². The van der Waals surface area contributed by atoms with Gasteiger partial charge in [-0.1, -0.05) is 42.5 Å². The molecule has 1 aliphatic rings. The Morgan fingerprint density at radius 1 is 1.04 bits per heavy atom. The van der Waals surface area contributed by atoms with E-state index in [1.807, 2.05) is 30.3 Å².